The van der Waals surface area contributed by atoms with E-state index in [-0.39, 0.29) is 11.5 Å². The summed E-state index contributed by atoms with van der Waals surface area (Å²) in [5.74, 6) is 0.622. The lowest BCUT2D eigenvalue weighted by Gasteiger charge is -2.34. The summed E-state index contributed by atoms with van der Waals surface area (Å²) < 4.78 is 19.3. The Morgan fingerprint density at radius 3 is 2.82 bits per heavy atom. The van der Waals surface area contributed by atoms with Crippen LogP contribution in [0.4, 0.5) is 5.69 Å². The minimum absolute atomic E-state index is 0.0155. The SMILES string of the molecule is Cc1c2n(c(OC[C@@H]3COCCO3)cc1=O)CCc1cc(N3CCC3)ccc1-2. The van der Waals surface area contributed by atoms with E-state index in [1.54, 1.807) is 6.07 Å². The van der Waals surface area contributed by atoms with Gasteiger partial charge in [0.15, 0.2) is 11.3 Å². The van der Waals surface area contributed by atoms with Gasteiger partial charge < -0.3 is 23.7 Å². The molecule has 1 aromatic carbocycles. The maximum atomic E-state index is 12.6. The molecule has 0 amide bonds. The molecule has 28 heavy (non-hydrogen) atoms. The van der Waals surface area contributed by atoms with Gasteiger partial charge in [-0.05, 0) is 37.5 Å². The highest BCUT2D eigenvalue weighted by molar-refractivity contribution is 5.72. The molecule has 1 aromatic heterocycles. The molecule has 4 heterocycles. The van der Waals surface area contributed by atoms with Crippen LogP contribution in [0.15, 0.2) is 29.1 Å². The molecule has 0 radical (unpaired) electrons. The zero-order valence-corrected chi connectivity index (χ0v) is 16.3. The van der Waals surface area contributed by atoms with Gasteiger partial charge in [-0.25, -0.2) is 0 Å². The molecule has 0 unspecified atom stereocenters. The molecule has 148 valence electrons. The quantitative estimate of drug-likeness (QED) is 0.813. The van der Waals surface area contributed by atoms with Crippen LogP contribution in [0.2, 0.25) is 0 Å². The molecular formula is C22H26N2O4. The maximum Gasteiger partial charge on any atom is 0.197 e. The van der Waals surface area contributed by atoms with E-state index < -0.39 is 0 Å². The lowest BCUT2D eigenvalue weighted by molar-refractivity contribution is -0.102. The average Bonchev–Trinajstić information content (AvgIpc) is 2.68. The monoisotopic (exact) mass is 382 g/mol. The van der Waals surface area contributed by atoms with Crippen molar-refractivity contribution in [2.45, 2.75) is 32.4 Å². The fraction of sp³-hybridized carbons (Fsp3) is 0.500. The van der Waals surface area contributed by atoms with E-state index in [0.29, 0.717) is 32.3 Å². The van der Waals surface area contributed by atoms with Crippen molar-refractivity contribution in [2.24, 2.45) is 0 Å². The molecule has 3 aliphatic heterocycles. The number of pyridine rings is 1. The summed E-state index contributed by atoms with van der Waals surface area (Å²) in [6, 6.07) is 8.26. The normalized spacial score (nSPS) is 20.9. The highest BCUT2D eigenvalue weighted by atomic mass is 16.6. The zero-order valence-electron chi connectivity index (χ0n) is 16.3. The largest absolute Gasteiger partial charge is 0.476 e. The molecule has 2 aromatic rings. The van der Waals surface area contributed by atoms with Gasteiger partial charge in [-0.2, -0.15) is 0 Å². The summed E-state index contributed by atoms with van der Waals surface area (Å²) >= 11 is 0. The van der Waals surface area contributed by atoms with Crippen molar-refractivity contribution < 1.29 is 14.2 Å². The van der Waals surface area contributed by atoms with Crippen LogP contribution < -0.4 is 15.1 Å². The van der Waals surface area contributed by atoms with E-state index in [4.69, 9.17) is 14.2 Å². The Balaban J connectivity index is 1.48. The third-order valence-electron chi connectivity index (χ3n) is 5.99. The molecule has 2 fully saturated rings. The molecule has 3 aliphatic rings. The summed E-state index contributed by atoms with van der Waals surface area (Å²) in [7, 11) is 0. The first-order valence-electron chi connectivity index (χ1n) is 10.2. The molecule has 6 heteroatoms. The van der Waals surface area contributed by atoms with Crippen LogP contribution in [0.5, 0.6) is 5.88 Å². The molecule has 0 aliphatic carbocycles. The number of rotatable bonds is 4. The highest BCUT2D eigenvalue weighted by Gasteiger charge is 2.24. The first kappa shape index (κ1) is 17.8. The first-order valence-corrected chi connectivity index (χ1v) is 10.2. The van der Waals surface area contributed by atoms with Gasteiger partial charge in [0.05, 0.1) is 25.5 Å². The van der Waals surface area contributed by atoms with Gasteiger partial charge in [0.2, 0.25) is 0 Å². The lowest BCUT2D eigenvalue weighted by atomic mass is 9.93. The summed E-state index contributed by atoms with van der Waals surface area (Å²) in [5, 5.41) is 0. The number of nitrogens with zero attached hydrogens (tertiary/aromatic N) is 2. The van der Waals surface area contributed by atoms with Crippen LogP contribution >= 0.6 is 0 Å². The van der Waals surface area contributed by atoms with E-state index in [0.717, 1.165) is 42.9 Å². The molecule has 0 N–H and O–H groups in total. The summed E-state index contributed by atoms with van der Waals surface area (Å²) in [4.78, 5) is 15.0. The van der Waals surface area contributed by atoms with Crippen LogP contribution in [-0.4, -0.2) is 50.2 Å². The Hall–Kier alpha value is -2.31. The van der Waals surface area contributed by atoms with Gasteiger partial charge in [0, 0.05) is 42.5 Å². The second kappa shape index (κ2) is 7.26. The van der Waals surface area contributed by atoms with Crippen LogP contribution in [0.1, 0.15) is 17.5 Å². The number of fused-ring (bicyclic) bond motifs is 3. The van der Waals surface area contributed by atoms with Crippen molar-refractivity contribution in [2.75, 3.05) is 44.4 Å². The third kappa shape index (κ3) is 3.10. The summed E-state index contributed by atoms with van der Waals surface area (Å²) in [5.41, 5.74) is 5.53. The molecule has 6 nitrogen and oxygen atoms in total. The van der Waals surface area contributed by atoms with Crippen LogP contribution in [0.3, 0.4) is 0 Å². The number of anilines is 1. The van der Waals surface area contributed by atoms with Crippen LogP contribution in [0.25, 0.3) is 11.3 Å². The summed E-state index contributed by atoms with van der Waals surface area (Å²) in [6.07, 6.45) is 2.12. The minimum Gasteiger partial charge on any atom is -0.476 e. The Bertz CT molecular complexity index is 942. The van der Waals surface area contributed by atoms with Crippen LogP contribution in [-0.2, 0) is 22.4 Å². The highest BCUT2D eigenvalue weighted by Crippen LogP contribution is 2.36. The molecule has 0 bridgehead atoms. The van der Waals surface area contributed by atoms with Crippen molar-refractivity contribution in [3.8, 4) is 17.1 Å². The van der Waals surface area contributed by atoms with E-state index in [1.165, 1.54) is 17.7 Å². The van der Waals surface area contributed by atoms with Gasteiger partial charge in [-0.1, -0.05) is 6.07 Å². The summed E-state index contributed by atoms with van der Waals surface area (Å²) in [6.45, 7) is 7.14. The number of ether oxygens (including phenoxy) is 3. The lowest BCUT2D eigenvalue weighted by Crippen LogP contribution is -2.37. The second-order valence-corrected chi connectivity index (χ2v) is 7.78. The van der Waals surface area contributed by atoms with Gasteiger partial charge >= 0.3 is 0 Å². The first-order chi connectivity index (χ1) is 13.7. The molecule has 2 saturated heterocycles. The Labute approximate surface area is 164 Å². The number of aromatic nitrogens is 1. The number of benzene rings is 1. The zero-order chi connectivity index (χ0) is 19.1. The predicted molar refractivity (Wildman–Crippen MR) is 107 cm³/mol. The standard InChI is InChI=1S/C22H26N2O4/c1-15-20(25)12-21(28-14-18-13-26-9-10-27-18)24-8-5-16-11-17(23-6-2-7-23)3-4-19(16)22(15)24/h3-4,11-12,18H,2,5-10,13-14H2,1H3/t18-/m0/s1. The number of hydrogen-bond donors (Lipinski definition) is 0. The number of hydrogen-bond acceptors (Lipinski definition) is 5. The molecule has 0 spiro atoms. The predicted octanol–water partition coefficient (Wildman–Crippen LogP) is 2.38. The van der Waals surface area contributed by atoms with E-state index >= 15 is 0 Å². The fourth-order valence-electron chi connectivity index (χ4n) is 4.25. The Kier molecular flexibility index (Phi) is 4.61. The average molecular weight is 382 g/mol. The van der Waals surface area contributed by atoms with Gasteiger partial charge in [0.1, 0.15) is 12.7 Å². The van der Waals surface area contributed by atoms with E-state index in [2.05, 4.69) is 27.7 Å². The smallest absolute Gasteiger partial charge is 0.197 e. The van der Waals surface area contributed by atoms with Crippen molar-refractivity contribution >= 4 is 5.69 Å². The van der Waals surface area contributed by atoms with Crippen molar-refractivity contribution in [3.05, 3.63) is 45.6 Å². The topological polar surface area (TPSA) is 52.9 Å². The number of aryl methyl sites for hydroxylation is 1. The molecular weight excluding hydrogens is 356 g/mol. The molecule has 5 rings (SSSR count). The molecule has 0 saturated carbocycles. The minimum atomic E-state index is -0.0867. The Morgan fingerprint density at radius 1 is 1.18 bits per heavy atom. The van der Waals surface area contributed by atoms with Crippen molar-refractivity contribution in [1.29, 1.82) is 0 Å². The van der Waals surface area contributed by atoms with Gasteiger partial charge in [-0.3, -0.25) is 4.79 Å². The van der Waals surface area contributed by atoms with E-state index in [1.807, 2.05) is 6.92 Å². The molecule has 1 atom stereocenters. The Morgan fingerprint density at radius 2 is 2.07 bits per heavy atom. The second-order valence-electron chi connectivity index (χ2n) is 7.78. The van der Waals surface area contributed by atoms with Gasteiger partial charge in [0.25, 0.3) is 0 Å². The van der Waals surface area contributed by atoms with Crippen LogP contribution in [0, 0.1) is 6.92 Å². The van der Waals surface area contributed by atoms with Gasteiger partial charge in [-0.15, -0.1) is 0 Å². The van der Waals surface area contributed by atoms with E-state index in [9.17, 15) is 4.79 Å². The fourth-order valence-corrected chi connectivity index (χ4v) is 4.25. The third-order valence-corrected chi connectivity index (χ3v) is 5.99. The maximum absolute atomic E-state index is 12.6. The van der Waals surface area contributed by atoms with Crippen molar-refractivity contribution in [3.63, 3.8) is 0 Å². The van der Waals surface area contributed by atoms with Crippen molar-refractivity contribution in [1.82, 2.24) is 4.57 Å².